The number of carbonyl (C=O) groups is 1. The fourth-order valence-electron chi connectivity index (χ4n) is 4.31. The van der Waals surface area contributed by atoms with Gasteiger partial charge in [0.25, 0.3) is 0 Å². The van der Waals surface area contributed by atoms with E-state index in [0.717, 1.165) is 22.0 Å². The number of ether oxygens (including phenoxy) is 2. The number of hydrogen-bond donors (Lipinski definition) is 1. The topological polar surface area (TPSA) is 55.8 Å². The van der Waals surface area contributed by atoms with Crippen molar-refractivity contribution in [1.82, 2.24) is 0 Å². The van der Waals surface area contributed by atoms with Crippen molar-refractivity contribution in [1.29, 1.82) is 0 Å². The van der Waals surface area contributed by atoms with Crippen LogP contribution in [-0.2, 0) is 20.7 Å². The summed E-state index contributed by atoms with van der Waals surface area (Å²) in [4.78, 5) is 12.2. The number of halogens is 1. The van der Waals surface area contributed by atoms with Crippen LogP contribution in [0.15, 0.2) is 28.7 Å². The number of benzene rings is 1. The quantitative estimate of drug-likeness (QED) is 0.779. The second kappa shape index (κ2) is 5.41. The first-order valence-corrected chi connectivity index (χ1v) is 9.26. The molecule has 3 aliphatic rings. The van der Waals surface area contributed by atoms with Gasteiger partial charge in [-0.05, 0) is 62.0 Å². The Morgan fingerprint density at radius 3 is 2.58 bits per heavy atom. The Kier molecular flexibility index (Phi) is 3.68. The molecule has 24 heavy (non-hydrogen) atoms. The first-order chi connectivity index (χ1) is 11.4. The molecule has 1 spiro atoms. The summed E-state index contributed by atoms with van der Waals surface area (Å²) in [6, 6.07) is 6.05. The van der Waals surface area contributed by atoms with Gasteiger partial charge in [-0.3, -0.25) is 4.79 Å². The molecule has 3 atom stereocenters. The first-order valence-electron chi connectivity index (χ1n) is 8.47. The number of rotatable bonds is 1. The second-order valence-corrected chi connectivity index (χ2v) is 8.03. The molecule has 1 fully saturated rings. The van der Waals surface area contributed by atoms with E-state index in [1.54, 1.807) is 0 Å². The van der Waals surface area contributed by atoms with Crippen molar-refractivity contribution >= 4 is 27.5 Å². The first kappa shape index (κ1) is 16.3. The summed E-state index contributed by atoms with van der Waals surface area (Å²) in [6.07, 6.45) is 4.47. The third-order valence-electron chi connectivity index (χ3n) is 5.81. The van der Waals surface area contributed by atoms with E-state index in [2.05, 4.69) is 22.0 Å². The van der Waals surface area contributed by atoms with Gasteiger partial charge in [0.15, 0.2) is 5.79 Å². The zero-order chi connectivity index (χ0) is 17.1. The summed E-state index contributed by atoms with van der Waals surface area (Å²) in [5, 5.41) is 10.0. The monoisotopic (exact) mass is 392 g/mol. The molecule has 1 heterocycles. The minimum Gasteiger partial charge on any atom is -0.481 e. The molecule has 1 aliphatic heterocycles. The van der Waals surface area contributed by atoms with Crippen LogP contribution >= 0.6 is 15.9 Å². The molecule has 1 aromatic rings. The molecule has 0 aromatic heterocycles. The van der Waals surface area contributed by atoms with E-state index < -0.39 is 17.2 Å². The third kappa shape index (κ3) is 2.21. The van der Waals surface area contributed by atoms with E-state index >= 15 is 0 Å². The molecule has 4 nitrogen and oxygen atoms in total. The Labute approximate surface area is 150 Å². The van der Waals surface area contributed by atoms with E-state index in [1.165, 1.54) is 5.56 Å². The second-order valence-electron chi connectivity index (χ2n) is 7.18. The Morgan fingerprint density at radius 2 is 1.92 bits per heavy atom. The van der Waals surface area contributed by atoms with E-state index in [9.17, 15) is 9.90 Å². The predicted octanol–water partition coefficient (Wildman–Crippen LogP) is 4.16. The lowest BCUT2D eigenvalue weighted by atomic mass is 9.62. The molecule has 1 aromatic carbocycles. The van der Waals surface area contributed by atoms with E-state index in [4.69, 9.17) is 9.47 Å². The summed E-state index contributed by atoms with van der Waals surface area (Å²) < 4.78 is 13.2. The van der Waals surface area contributed by atoms with Crippen LogP contribution in [-0.4, -0.2) is 29.1 Å². The summed E-state index contributed by atoms with van der Waals surface area (Å²) >= 11 is 3.62. The van der Waals surface area contributed by atoms with Crippen molar-refractivity contribution in [2.75, 3.05) is 0 Å². The zero-order valence-corrected chi connectivity index (χ0v) is 15.4. The van der Waals surface area contributed by atoms with Crippen LogP contribution < -0.4 is 0 Å². The number of fused-ring (bicyclic) bond motifs is 3. The fraction of sp³-hybridized carbons (Fsp3) is 0.526. The smallest absolute Gasteiger partial charge is 0.314 e. The van der Waals surface area contributed by atoms with Gasteiger partial charge in [-0.1, -0.05) is 28.1 Å². The maximum Gasteiger partial charge on any atom is 0.314 e. The van der Waals surface area contributed by atoms with Gasteiger partial charge >= 0.3 is 5.97 Å². The van der Waals surface area contributed by atoms with Crippen molar-refractivity contribution in [3.8, 4) is 0 Å². The SMILES string of the molecule is CC1OC2(C=C3c4c(Br)cccc4CCC3(C(=O)O)CC2)OC1C. The lowest BCUT2D eigenvalue weighted by Crippen LogP contribution is -2.44. The standard InChI is InChI=1S/C19H21BrO4/c1-11-12(2)24-19(23-11)9-8-18(17(21)22)7-6-13-4-3-5-15(20)16(13)14(18)10-19/h3-5,10-12H,6-9H2,1-2H3,(H,21,22). The lowest BCUT2D eigenvalue weighted by molar-refractivity contribution is -0.159. The average Bonchev–Trinajstić information content (AvgIpc) is 2.81. The van der Waals surface area contributed by atoms with Crippen LogP contribution in [0.4, 0.5) is 0 Å². The molecular formula is C19H21BrO4. The van der Waals surface area contributed by atoms with Gasteiger partial charge in [0.05, 0.1) is 17.6 Å². The molecule has 128 valence electrons. The van der Waals surface area contributed by atoms with Crippen molar-refractivity contribution in [2.45, 2.75) is 57.5 Å². The van der Waals surface area contributed by atoms with Gasteiger partial charge in [-0.25, -0.2) is 0 Å². The van der Waals surface area contributed by atoms with E-state index in [1.807, 2.05) is 32.1 Å². The Balaban J connectivity index is 1.91. The highest BCUT2D eigenvalue weighted by atomic mass is 79.9. The highest BCUT2D eigenvalue weighted by molar-refractivity contribution is 9.10. The summed E-state index contributed by atoms with van der Waals surface area (Å²) in [5.74, 6) is -1.54. The maximum absolute atomic E-state index is 12.2. The van der Waals surface area contributed by atoms with E-state index in [0.29, 0.717) is 19.3 Å². The molecule has 5 heteroatoms. The molecule has 1 N–H and O–H groups in total. The highest BCUT2D eigenvalue weighted by Gasteiger charge is 2.54. The molecule has 0 radical (unpaired) electrons. The third-order valence-corrected chi connectivity index (χ3v) is 6.47. The van der Waals surface area contributed by atoms with Crippen molar-refractivity contribution in [3.05, 3.63) is 39.9 Å². The highest BCUT2D eigenvalue weighted by Crippen LogP contribution is 2.56. The minimum atomic E-state index is -0.843. The van der Waals surface area contributed by atoms with Crippen LogP contribution in [0.2, 0.25) is 0 Å². The van der Waals surface area contributed by atoms with Crippen LogP contribution in [0, 0.1) is 5.41 Å². The molecule has 0 saturated carbocycles. The molecule has 2 aliphatic carbocycles. The lowest BCUT2D eigenvalue weighted by Gasteiger charge is -2.44. The normalized spacial score (nSPS) is 37.7. The molecule has 0 bridgehead atoms. The van der Waals surface area contributed by atoms with Crippen molar-refractivity contribution < 1.29 is 19.4 Å². The van der Waals surface area contributed by atoms with Crippen molar-refractivity contribution in [2.24, 2.45) is 5.41 Å². The molecule has 4 rings (SSSR count). The summed E-state index contributed by atoms with van der Waals surface area (Å²) in [5.41, 5.74) is 2.19. The van der Waals surface area contributed by atoms with Crippen molar-refractivity contribution in [3.63, 3.8) is 0 Å². The Hall–Kier alpha value is -1.17. The maximum atomic E-state index is 12.2. The average molecular weight is 393 g/mol. The zero-order valence-electron chi connectivity index (χ0n) is 13.8. The van der Waals surface area contributed by atoms with Gasteiger partial charge in [0.1, 0.15) is 0 Å². The molecular weight excluding hydrogens is 372 g/mol. The van der Waals surface area contributed by atoms with Crippen LogP contribution in [0.1, 0.15) is 44.2 Å². The number of hydrogen-bond acceptors (Lipinski definition) is 3. The van der Waals surface area contributed by atoms with Gasteiger partial charge in [-0.2, -0.15) is 0 Å². The summed E-state index contributed by atoms with van der Waals surface area (Å²) in [6.45, 7) is 4.00. The van der Waals surface area contributed by atoms with Crippen LogP contribution in [0.5, 0.6) is 0 Å². The molecule has 1 saturated heterocycles. The number of aryl methyl sites for hydroxylation is 1. The molecule has 0 amide bonds. The summed E-state index contributed by atoms with van der Waals surface area (Å²) in [7, 11) is 0. The molecule has 3 unspecified atom stereocenters. The van der Waals surface area contributed by atoms with Gasteiger partial charge in [-0.15, -0.1) is 0 Å². The largest absolute Gasteiger partial charge is 0.481 e. The number of carboxylic acids is 1. The van der Waals surface area contributed by atoms with Gasteiger partial charge in [0.2, 0.25) is 0 Å². The van der Waals surface area contributed by atoms with Crippen LogP contribution in [0.3, 0.4) is 0 Å². The van der Waals surface area contributed by atoms with Crippen LogP contribution in [0.25, 0.3) is 5.57 Å². The number of carboxylic acid groups (broad SMARTS) is 1. The van der Waals surface area contributed by atoms with E-state index in [-0.39, 0.29) is 12.2 Å². The van der Waals surface area contributed by atoms with Gasteiger partial charge < -0.3 is 14.6 Å². The Bertz CT molecular complexity index is 731. The predicted molar refractivity (Wildman–Crippen MR) is 93.6 cm³/mol. The van der Waals surface area contributed by atoms with Gasteiger partial charge in [0, 0.05) is 10.9 Å². The Morgan fingerprint density at radius 1 is 1.21 bits per heavy atom. The number of aliphatic carboxylic acids is 1. The fourth-order valence-corrected chi connectivity index (χ4v) is 4.93. The minimum absolute atomic E-state index is 0.00135.